The average molecular weight is 364 g/mol. The first kappa shape index (κ1) is 18.7. The molecule has 0 aliphatic heterocycles. The third kappa shape index (κ3) is 6.09. The molecule has 0 aliphatic carbocycles. The Balaban J connectivity index is 1.66. The van der Waals surface area contributed by atoms with Gasteiger partial charge in [-0.1, -0.05) is 0 Å². The van der Waals surface area contributed by atoms with Gasteiger partial charge in [-0.25, -0.2) is 0 Å². The van der Waals surface area contributed by atoms with Gasteiger partial charge >= 0.3 is 0 Å². The molecule has 0 amide bonds. The minimum absolute atomic E-state index is 0.657. The summed E-state index contributed by atoms with van der Waals surface area (Å²) in [4.78, 5) is 2.32. The van der Waals surface area contributed by atoms with Gasteiger partial charge in [0, 0.05) is 36.8 Å². The normalized spacial score (nSPS) is 10.4. The lowest BCUT2D eigenvalue weighted by molar-refractivity contribution is 0.530. The summed E-state index contributed by atoms with van der Waals surface area (Å²) < 4.78 is 5.30. The van der Waals surface area contributed by atoms with Crippen LogP contribution in [0.5, 0.6) is 0 Å². The molecular formula is C18H25N3OS2. The number of thiocarbonyl (C=S) groups is 1. The van der Waals surface area contributed by atoms with Gasteiger partial charge in [0.2, 0.25) is 0 Å². The van der Waals surface area contributed by atoms with Gasteiger partial charge in [0.1, 0.15) is 5.76 Å². The number of rotatable bonds is 9. The summed E-state index contributed by atoms with van der Waals surface area (Å²) in [6.07, 6.45) is 1.71. The van der Waals surface area contributed by atoms with Crippen LogP contribution in [0.25, 0.3) is 0 Å². The topological polar surface area (TPSA) is 40.4 Å². The standard InChI is InChI=1S/C18H25N3OS2/c1-3-21(4-2)16-9-7-15(8-10-16)20-18(23)19-11-13-24-14-17-6-5-12-22-17/h5-10,12H,3-4,11,13-14H2,1-2H3,(H2,19,20,23). The minimum atomic E-state index is 0.657. The Hall–Kier alpha value is -1.66. The lowest BCUT2D eigenvalue weighted by Crippen LogP contribution is -2.30. The van der Waals surface area contributed by atoms with E-state index in [0.717, 1.165) is 42.6 Å². The minimum Gasteiger partial charge on any atom is -0.468 e. The molecule has 0 aliphatic rings. The van der Waals surface area contributed by atoms with Crippen molar-refractivity contribution in [2.24, 2.45) is 0 Å². The first-order chi connectivity index (χ1) is 11.7. The number of nitrogens with zero attached hydrogens (tertiary/aromatic N) is 1. The number of benzene rings is 1. The van der Waals surface area contributed by atoms with E-state index in [0.29, 0.717) is 5.11 Å². The number of anilines is 2. The van der Waals surface area contributed by atoms with Crippen LogP contribution in [0.15, 0.2) is 47.1 Å². The second kappa shape index (κ2) is 10.3. The van der Waals surface area contributed by atoms with Crippen LogP contribution in [0.3, 0.4) is 0 Å². The van der Waals surface area contributed by atoms with Gasteiger partial charge in [0.05, 0.1) is 12.0 Å². The first-order valence-corrected chi connectivity index (χ1v) is 9.79. The van der Waals surface area contributed by atoms with Crippen molar-refractivity contribution in [3.63, 3.8) is 0 Å². The van der Waals surface area contributed by atoms with Crippen molar-refractivity contribution < 1.29 is 4.42 Å². The maximum atomic E-state index is 5.33. The third-order valence-corrected chi connectivity index (χ3v) is 4.84. The van der Waals surface area contributed by atoms with Crippen LogP contribution in [-0.4, -0.2) is 30.5 Å². The molecule has 0 bridgehead atoms. The summed E-state index contributed by atoms with van der Waals surface area (Å²) in [6.45, 7) is 7.18. The Bertz CT molecular complexity index is 595. The zero-order chi connectivity index (χ0) is 17.2. The fourth-order valence-corrected chi connectivity index (χ4v) is 3.30. The second-order valence-corrected chi connectivity index (χ2v) is 6.75. The van der Waals surface area contributed by atoms with Crippen LogP contribution in [0.4, 0.5) is 11.4 Å². The van der Waals surface area contributed by atoms with Crippen molar-refractivity contribution in [3.8, 4) is 0 Å². The number of thioether (sulfide) groups is 1. The van der Waals surface area contributed by atoms with Gasteiger partial charge in [0.15, 0.2) is 5.11 Å². The van der Waals surface area contributed by atoms with Gasteiger partial charge in [-0.2, -0.15) is 11.8 Å². The highest BCUT2D eigenvalue weighted by Crippen LogP contribution is 2.17. The summed E-state index contributed by atoms with van der Waals surface area (Å²) >= 11 is 7.16. The van der Waals surface area contributed by atoms with Crippen molar-refractivity contribution in [2.45, 2.75) is 19.6 Å². The maximum Gasteiger partial charge on any atom is 0.170 e. The molecule has 0 fully saturated rings. The zero-order valence-corrected chi connectivity index (χ0v) is 15.9. The molecular weight excluding hydrogens is 338 g/mol. The Morgan fingerprint density at radius 1 is 1.17 bits per heavy atom. The molecule has 6 heteroatoms. The summed E-state index contributed by atoms with van der Waals surface area (Å²) in [5.41, 5.74) is 2.24. The lowest BCUT2D eigenvalue weighted by atomic mass is 10.2. The molecule has 1 aromatic carbocycles. The van der Waals surface area contributed by atoms with E-state index in [1.54, 1.807) is 6.26 Å². The van der Waals surface area contributed by atoms with E-state index in [4.69, 9.17) is 16.6 Å². The van der Waals surface area contributed by atoms with Crippen LogP contribution in [0, 0.1) is 0 Å². The first-order valence-electron chi connectivity index (χ1n) is 8.23. The Kier molecular flexibility index (Phi) is 7.98. The number of furan rings is 1. The molecule has 0 saturated carbocycles. The van der Waals surface area contributed by atoms with Gasteiger partial charge in [-0.05, 0) is 62.5 Å². The quantitative estimate of drug-likeness (QED) is 0.510. The van der Waals surface area contributed by atoms with Gasteiger partial charge in [0.25, 0.3) is 0 Å². The van der Waals surface area contributed by atoms with E-state index in [2.05, 4.69) is 53.6 Å². The van der Waals surface area contributed by atoms with Gasteiger partial charge in [-0.3, -0.25) is 0 Å². The SMILES string of the molecule is CCN(CC)c1ccc(NC(=S)NCCSCc2ccco2)cc1. The van der Waals surface area contributed by atoms with Crippen LogP contribution in [0.1, 0.15) is 19.6 Å². The number of hydrogen-bond donors (Lipinski definition) is 2. The Morgan fingerprint density at radius 3 is 2.54 bits per heavy atom. The molecule has 0 atom stereocenters. The van der Waals surface area contributed by atoms with Crippen LogP contribution in [0.2, 0.25) is 0 Å². The molecule has 24 heavy (non-hydrogen) atoms. The Labute approximate surface area is 154 Å². The molecule has 0 spiro atoms. The highest BCUT2D eigenvalue weighted by molar-refractivity contribution is 7.98. The van der Waals surface area contributed by atoms with Gasteiger partial charge < -0.3 is 20.0 Å². The second-order valence-electron chi connectivity index (χ2n) is 5.23. The van der Waals surface area contributed by atoms with E-state index in [9.17, 15) is 0 Å². The van der Waals surface area contributed by atoms with E-state index < -0.39 is 0 Å². The van der Waals surface area contributed by atoms with Crippen LogP contribution in [-0.2, 0) is 5.75 Å². The van der Waals surface area contributed by atoms with Crippen molar-refractivity contribution in [2.75, 3.05) is 35.6 Å². The summed E-state index contributed by atoms with van der Waals surface area (Å²) in [7, 11) is 0. The molecule has 1 heterocycles. The molecule has 0 saturated heterocycles. The van der Waals surface area contributed by atoms with Crippen LogP contribution >= 0.6 is 24.0 Å². The third-order valence-electron chi connectivity index (χ3n) is 3.61. The molecule has 2 rings (SSSR count). The molecule has 0 radical (unpaired) electrons. The smallest absolute Gasteiger partial charge is 0.170 e. The summed E-state index contributed by atoms with van der Waals surface area (Å²) in [5, 5.41) is 7.11. The molecule has 0 unspecified atom stereocenters. The predicted molar refractivity (Wildman–Crippen MR) is 109 cm³/mol. The molecule has 2 aromatic rings. The van der Waals surface area contributed by atoms with Crippen molar-refractivity contribution in [3.05, 3.63) is 48.4 Å². The van der Waals surface area contributed by atoms with Crippen molar-refractivity contribution in [1.29, 1.82) is 0 Å². The predicted octanol–water partition coefficient (Wildman–Crippen LogP) is 4.35. The Morgan fingerprint density at radius 2 is 1.92 bits per heavy atom. The van der Waals surface area contributed by atoms with Crippen molar-refractivity contribution in [1.82, 2.24) is 5.32 Å². The average Bonchev–Trinajstić information content (AvgIpc) is 3.10. The number of nitrogens with one attached hydrogen (secondary N) is 2. The van der Waals surface area contributed by atoms with E-state index in [1.165, 1.54) is 5.69 Å². The number of hydrogen-bond acceptors (Lipinski definition) is 4. The monoisotopic (exact) mass is 363 g/mol. The van der Waals surface area contributed by atoms with E-state index >= 15 is 0 Å². The van der Waals surface area contributed by atoms with E-state index in [-0.39, 0.29) is 0 Å². The summed E-state index contributed by atoms with van der Waals surface area (Å²) in [5.74, 6) is 2.87. The molecule has 1 aromatic heterocycles. The molecule has 130 valence electrons. The van der Waals surface area contributed by atoms with Crippen LogP contribution < -0.4 is 15.5 Å². The summed E-state index contributed by atoms with van der Waals surface area (Å²) in [6, 6.07) is 12.3. The zero-order valence-electron chi connectivity index (χ0n) is 14.2. The highest BCUT2D eigenvalue weighted by Gasteiger charge is 2.02. The molecule has 2 N–H and O–H groups in total. The maximum absolute atomic E-state index is 5.33. The fraction of sp³-hybridized carbons (Fsp3) is 0.389. The molecule has 4 nitrogen and oxygen atoms in total. The highest BCUT2D eigenvalue weighted by atomic mass is 32.2. The van der Waals surface area contributed by atoms with Gasteiger partial charge in [-0.15, -0.1) is 0 Å². The fourth-order valence-electron chi connectivity index (χ4n) is 2.32. The largest absolute Gasteiger partial charge is 0.468 e. The van der Waals surface area contributed by atoms with Crippen molar-refractivity contribution >= 4 is 40.5 Å². The lowest BCUT2D eigenvalue weighted by Gasteiger charge is -2.21. The van der Waals surface area contributed by atoms with E-state index in [1.807, 2.05) is 23.9 Å².